The van der Waals surface area contributed by atoms with Gasteiger partial charge in [0.25, 0.3) is 5.56 Å². The van der Waals surface area contributed by atoms with E-state index in [1.54, 1.807) is 25.3 Å². The minimum absolute atomic E-state index is 0.150. The number of esters is 1. The maximum Gasteiger partial charge on any atom is 0.305 e. The summed E-state index contributed by atoms with van der Waals surface area (Å²) in [5, 5.41) is 0.573. The van der Waals surface area contributed by atoms with Crippen LogP contribution >= 0.6 is 0 Å². The van der Waals surface area contributed by atoms with Gasteiger partial charge < -0.3 is 14.5 Å². The summed E-state index contributed by atoms with van der Waals surface area (Å²) in [4.78, 5) is 30.6. The van der Waals surface area contributed by atoms with E-state index in [1.807, 2.05) is 6.07 Å². The molecule has 6 heteroatoms. The van der Waals surface area contributed by atoms with E-state index in [0.717, 1.165) is 0 Å². The van der Waals surface area contributed by atoms with Gasteiger partial charge in [-0.2, -0.15) is 0 Å². The number of para-hydroxylation sites is 1. The number of aryl methyl sites for hydroxylation is 1. The standard InChI is InChI=1S/C16H20N2O4/c1-21-10-5-11-22-15(19)9-4-8-14-17-13-7-3-2-6-12(13)16(20)18-14/h2-3,6-7H,4-5,8-11H2,1H3,(H,17,18,20). The number of H-pyrrole nitrogens is 1. The lowest BCUT2D eigenvalue weighted by Crippen LogP contribution is -2.13. The van der Waals surface area contributed by atoms with Crippen molar-refractivity contribution in [2.45, 2.75) is 25.7 Å². The molecular formula is C16H20N2O4. The predicted octanol–water partition coefficient (Wildman–Crippen LogP) is 1.83. The zero-order chi connectivity index (χ0) is 15.8. The van der Waals surface area contributed by atoms with Crippen LogP contribution in [0.2, 0.25) is 0 Å². The molecule has 1 aromatic heterocycles. The second-order valence-corrected chi connectivity index (χ2v) is 4.95. The Balaban J connectivity index is 1.82. The molecule has 1 aromatic carbocycles. The molecule has 0 fully saturated rings. The normalized spacial score (nSPS) is 10.8. The quantitative estimate of drug-likeness (QED) is 0.594. The number of nitrogens with one attached hydrogen (secondary N) is 1. The summed E-state index contributed by atoms with van der Waals surface area (Å²) in [6.07, 6.45) is 2.13. The van der Waals surface area contributed by atoms with Crippen LogP contribution in [0.25, 0.3) is 10.9 Å². The van der Waals surface area contributed by atoms with Gasteiger partial charge in [0.05, 0.1) is 17.5 Å². The monoisotopic (exact) mass is 304 g/mol. The summed E-state index contributed by atoms with van der Waals surface area (Å²) in [7, 11) is 1.61. The van der Waals surface area contributed by atoms with Gasteiger partial charge in [0, 0.05) is 33.0 Å². The Morgan fingerprint density at radius 3 is 2.86 bits per heavy atom. The highest BCUT2D eigenvalue weighted by Gasteiger charge is 2.06. The summed E-state index contributed by atoms with van der Waals surface area (Å²) >= 11 is 0. The number of aromatic nitrogens is 2. The fourth-order valence-electron chi connectivity index (χ4n) is 2.11. The minimum Gasteiger partial charge on any atom is -0.466 e. The highest BCUT2D eigenvalue weighted by atomic mass is 16.5. The minimum atomic E-state index is -0.237. The third kappa shape index (κ3) is 4.66. The third-order valence-corrected chi connectivity index (χ3v) is 3.21. The van der Waals surface area contributed by atoms with Crippen LogP contribution in [0.15, 0.2) is 29.1 Å². The van der Waals surface area contributed by atoms with Crippen LogP contribution in [-0.2, 0) is 20.7 Å². The van der Waals surface area contributed by atoms with Gasteiger partial charge in [0.1, 0.15) is 5.82 Å². The van der Waals surface area contributed by atoms with Crippen LogP contribution < -0.4 is 5.56 Å². The molecule has 0 saturated heterocycles. The number of rotatable bonds is 8. The molecular weight excluding hydrogens is 284 g/mol. The van der Waals surface area contributed by atoms with Crippen molar-refractivity contribution in [3.05, 3.63) is 40.4 Å². The Morgan fingerprint density at radius 1 is 1.23 bits per heavy atom. The number of nitrogens with zero attached hydrogens (tertiary/aromatic N) is 1. The highest BCUT2D eigenvalue weighted by molar-refractivity contribution is 5.77. The van der Waals surface area contributed by atoms with Crippen molar-refractivity contribution in [3.63, 3.8) is 0 Å². The van der Waals surface area contributed by atoms with Crippen molar-refractivity contribution >= 4 is 16.9 Å². The van der Waals surface area contributed by atoms with Gasteiger partial charge in [-0.15, -0.1) is 0 Å². The van der Waals surface area contributed by atoms with Crippen molar-refractivity contribution in [1.29, 1.82) is 0 Å². The fraction of sp³-hybridized carbons (Fsp3) is 0.438. The summed E-state index contributed by atoms with van der Waals surface area (Å²) in [6.45, 7) is 0.952. The number of hydrogen-bond acceptors (Lipinski definition) is 5. The molecule has 1 heterocycles. The lowest BCUT2D eigenvalue weighted by molar-refractivity contribution is -0.144. The summed E-state index contributed by atoms with van der Waals surface area (Å²) < 4.78 is 9.94. The van der Waals surface area contributed by atoms with Crippen molar-refractivity contribution in [2.75, 3.05) is 20.3 Å². The van der Waals surface area contributed by atoms with Crippen molar-refractivity contribution < 1.29 is 14.3 Å². The van der Waals surface area contributed by atoms with E-state index in [-0.39, 0.29) is 11.5 Å². The largest absolute Gasteiger partial charge is 0.466 e. The van der Waals surface area contributed by atoms with Crippen LogP contribution in [0.1, 0.15) is 25.1 Å². The van der Waals surface area contributed by atoms with Gasteiger partial charge in [0.2, 0.25) is 0 Å². The van der Waals surface area contributed by atoms with E-state index in [0.29, 0.717) is 55.6 Å². The smallest absolute Gasteiger partial charge is 0.305 e. The number of methoxy groups -OCH3 is 1. The molecule has 0 aliphatic carbocycles. The molecule has 118 valence electrons. The SMILES string of the molecule is COCCCOC(=O)CCCc1nc2ccccc2c(=O)[nH]1. The second kappa shape index (κ2) is 8.29. The molecule has 6 nitrogen and oxygen atoms in total. The molecule has 1 N–H and O–H groups in total. The van der Waals surface area contributed by atoms with Crippen molar-refractivity contribution in [1.82, 2.24) is 9.97 Å². The summed E-state index contributed by atoms with van der Waals surface area (Å²) in [6, 6.07) is 7.19. The molecule has 0 aliphatic rings. The Labute approximate surface area is 128 Å². The van der Waals surface area contributed by atoms with Gasteiger partial charge in [-0.1, -0.05) is 12.1 Å². The molecule has 0 saturated carbocycles. The van der Waals surface area contributed by atoms with E-state index < -0.39 is 0 Å². The lowest BCUT2D eigenvalue weighted by atomic mass is 10.2. The lowest BCUT2D eigenvalue weighted by Gasteiger charge is -2.05. The summed E-state index contributed by atoms with van der Waals surface area (Å²) in [5.41, 5.74) is 0.520. The number of carbonyl (C=O) groups excluding carboxylic acids is 1. The van der Waals surface area contributed by atoms with E-state index >= 15 is 0 Å². The fourth-order valence-corrected chi connectivity index (χ4v) is 2.11. The third-order valence-electron chi connectivity index (χ3n) is 3.21. The molecule has 0 atom stereocenters. The Hall–Kier alpha value is -2.21. The molecule has 0 aliphatic heterocycles. The van der Waals surface area contributed by atoms with Gasteiger partial charge >= 0.3 is 5.97 Å². The molecule has 0 amide bonds. The van der Waals surface area contributed by atoms with Crippen LogP contribution in [0.5, 0.6) is 0 Å². The van der Waals surface area contributed by atoms with Gasteiger partial charge in [-0.25, -0.2) is 4.98 Å². The molecule has 0 radical (unpaired) electrons. The Bertz CT molecular complexity index is 681. The number of hydrogen-bond donors (Lipinski definition) is 1. The van der Waals surface area contributed by atoms with E-state index in [4.69, 9.17) is 9.47 Å². The first kappa shape index (κ1) is 16.2. The zero-order valence-electron chi connectivity index (χ0n) is 12.6. The first-order valence-corrected chi connectivity index (χ1v) is 7.33. The summed E-state index contributed by atoms with van der Waals surface area (Å²) in [5.74, 6) is 0.357. The number of fused-ring (bicyclic) bond motifs is 1. The van der Waals surface area contributed by atoms with Gasteiger partial charge in [0.15, 0.2) is 0 Å². The number of ether oxygens (including phenoxy) is 2. The first-order chi connectivity index (χ1) is 10.7. The molecule has 0 unspecified atom stereocenters. The predicted molar refractivity (Wildman–Crippen MR) is 82.8 cm³/mol. The van der Waals surface area contributed by atoms with Crippen molar-refractivity contribution in [2.24, 2.45) is 0 Å². The van der Waals surface area contributed by atoms with E-state index in [2.05, 4.69) is 9.97 Å². The molecule has 22 heavy (non-hydrogen) atoms. The number of carbonyl (C=O) groups is 1. The highest BCUT2D eigenvalue weighted by Crippen LogP contribution is 2.07. The molecule has 0 spiro atoms. The zero-order valence-corrected chi connectivity index (χ0v) is 12.6. The topological polar surface area (TPSA) is 81.3 Å². The van der Waals surface area contributed by atoms with Gasteiger partial charge in [-0.05, 0) is 18.6 Å². The maximum atomic E-state index is 11.9. The van der Waals surface area contributed by atoms with Crippen LogP contribution in [-0.4, -0.2) is 36.3 Å². The van der Waals surface area contributed by atoms with Crippen LogP contribution in [0, 0.1) is 0 Å². The number of aromatic amines is 1. The Morgan fingerprint density at radius 2 is 2.05 bits per heavy atom. The average Bonchev–Trinajstić information content (AvgIpc) is 2.52. The Kier molecular flexibility index (Phi) is 6.09. The van der Waals surface area contributed by atoms with Crippen LogP contribution in [0.4, 0.5) is 0 Å². The van der Waals surface area contributed by atoms with E-state index in [1.165, 1.54) is 0 Å². The second-order valence-electron chi connectivity index (χ2n) is 4.95. The molecule has 2 rings (SSSR count). The molecule has 2 aromatic rings. The van der Waals surface area contributed by atoms with Crippen LogP contribution in [0.3, 0.4) is 0 Å². The van der Waals surface area contributed by atoms with E-state index in [9.17, 15) is 9.59 Å². The number of benzene rings is 1. The van der Waals surface area contributed by atoms with Gasteiger partial charge in [-0.3, -0.25) is 9.59 Å². The first-order valence-electron chi connectivity index (χ1n) is 7.33. The molecule has 0 bridgehead atoms. The maximum absolute atomic E-state index is 11.9. The average molecular weight is 304 g/mol. The van der Waals surface area contributed by atoms with Crippen molar-refractivity contribution in [3.8, 4) is 0 Å².